The van der Waals surface area contributed by atoms with Crippen molar-refractivity contribution in [1.29, 1.82) is 0 Å². The summed E-state index contributed by atoms with van der Waals surface area (Å²) in [5.74, 6) is -0.674. The van der Waals surface area contributed by atoms with Crippen molar-refractivity contribution in [2.75, 3.05) is 13.6 Å². The standard InChI is InChI=1S/C19H22Cl2N2O3/c1-22(11-12-6-7-13(20)10-16(12)21)17(24)8-9-23-18(25)14-4-2-3-5-15(14)19(23)26/h6-7,10,14-15H,2-5,8-9,11H2,1H3/t14-,15+. The van der Waals surface area contributed by atoms with E-state index in [2.05, 4.69) is 0 Å². The van der Waals surface area contributed by atoms with E-state index in [0.29, 0.717) is 16.6 Å². The average molecular weight is 397 g/mol. The molecule has 1 saturated carbocycles. The van der Waals surface area contributed by atoms with Gasteiger partial charge in [-0.1, -0.05) is 42.1 Å². The second kappa shape index (κ2) is 7.97. The summed E-state index contributed by atoms with van der Waals surface area (Å²) in [5, 5.41) is 1.05. The molecule has 26 heavy (non-hydrogen) atoms. The van der Waals surface area contributed by atoms with Gasteiger partial charge in [0, 0.05) is 36.6 Å². The van der Waals surface area contributed by atoms with E-state index in [1.165, 1.54) is 4.90 Å². The number of carbonyl (C=O) groups is 3. The molecule has 1 aliphatic heterocycles. The lowest BCUT2D eigenvalue weighted by molar-refractivity contribution is -0.140. The van der Waals surface area contributed by atoms with Gasteiger partial charge in [-0.25, -0.2) is 0 Å². The molecular formula is C19H22Cl2N2O3. The Labute approximate surface area is 163 Å². The van der Waals surface area contributed by atoms with Gasteiger partial charge in [0.05, 0.1) is 11.8 Å². The summed E-state index contributed by atoms with van der Waals surface area (Å²) in [6.07, 6.45) is 3.69. The van der Waals surface area contributed by atoms with E-state index in [0.717, 1.165) is 31.2 Å². The predicted molar refractivity (Wildman–Crippen MR) is 99.7 cm³/mol. The van der Waals surface area contributed by atoms with Gasteiger partial charge in [-0.2, -0.15) is 0 Å². The molecule has 0 radical (unpaired) electrons. The minimum atomic E-state index is -0.169. The summed E-state index contributed by atoms with van der Waals surface area (Å²) >= 11 is 12.0. The summed E-state index contributed by atoms with van der Waals surface area (Å²) in [6.45, 7) is 0.504. The normalized spacial score (nSPS) is 22.5. The summed E-state index contributed by atoms with van der Waals surface area (Å²) in [4.78, 5) is 40.2. The van der Waals surface area contributed by atoms with E-state index in [1.54, 1.807) is 30.1 Å². The van der Waals surface area contributed by atoms with Crippen molar-refractivity contribution in [3.8, 4) is 0 Å². The predicted octanol–water partition coefficient (Wildman–Crippen LogP) is 3.52. The molecule has 1 aliphatic carbocycles. The number of likely N-dealkylation sites (tertiary alicyclic amines) is 1. The first kappa shape index (κ1) is 19.2. The summed E-state index contributed by atoms with van der Waals surface area (Å²) in [6, 6.07) is 5.15. The lowest BCUT2D eigenvalue weighted by Gasteiger charge is -2.20. The number of imide groups is 1. The Morgan fingerprint density at radius 3 is 2.35 bits per heavy atom. The third-order valence-electron chi connectivity index (χ3n) is 5.33. The quantitative estimate of drug-likeness (QED) is 0.715. The van der Waals surface area contributed by atoms with Crippen molar-refractivity contribution in [2.45, 2.75) is 38.6 Å². The molecule has 1 aromatic rings. The largest absolute Gasteiger partial charge is 0.341 e. The molecule has 2 atom stereocenters. The lowest BCUT2D eigenvalue weighted by Crippen LogP contribution is -2.36. The molecule has 0 aromatic heterocycles. The smallest absolute Gasteiger partial charge is 0.233 e. The number of hydrogen-bond acceptors (Lipinski definition) is 3. The highest BCUT2D eigenvalue weighted by atomic mass is 35.5. The first-order chi connectivity index (χ1) is 12.4. The Hall–Kier alpha value is -1.59. The number of fused-ring (bicyclic) bond motifs is 1. The first-order valence-electron chi connectivity index (χ1n) is 8.91. The van der Waals surface area contributed by atoms with Gasteiger partial charge in [-0.15, -0.1) is 0 Å². The maximum Gasteiger partial charge on any atom is 0.233 e. The molecule has 1 saturated heterocycles. The van der Waals surface area contributed by atoms with Crippen LogP contribution in [0.5, 0.6) is 0 Å². The molecule has 5 nitrogen and oxygen atoms in total. The highest BCUT2D eigenvalue weighted by Crippen LogP contribution is 2.38. The van der Waals surface area contributed by atoms with Gasteiger partial charge in [0.15, 0.2) is 0 Å². The minimum Gasteiger partial charge on any atom is -0.341 e. The van der Waals surface area contributed by atoms with E-state index in [1.807, 2.05) is 0 Å². The Morgan fingerprint density at radius 1 is 1.15 bits per heavy atom. The fourth-order valence-corrected chi connectivity index (χ4v) is 4.31. The van der Waals surface area contributed by atoms with Crippen LogP contribution in [0.3, 0.4) is 0 Å². The average Bonchev–Trinajstić information content (AvgIpc) is 2.86. The van der Waals surface area contributed by atoms with Crippen molar-refractivity contribution in [2.24, 2.45) is 11.8 Å². The van der Waals surface area contributed by atoms with Gasteiger partial charge < -0.3 is 4.90 Å². The highest BCUT2D eigenvalue weighted by Gasteiger charge is 2.47. The zero-order valence-corrected chi connectivity index (χ0v) is 16.2. The first-order valence-corrected chi connectivity index (χ1v) is 9.67. The Kier molecular flexibility index (Phi) is 5.88. The van der Waals surface area contributed by atoms with Crippen LogP contribution in [0.2, 0.25) is 10.0 Å². The Bertz CT molecular complexity index is 713. The molecule has 2 aliphatic rings. The minimum absolute atomic E-state index is 0.101. The number of rotatable bonds is 5. The molecule has 140 valence electrons. The SMILES string of the molecule is CN(Cc1ccc(Cl)cc1Cl)C(=O)CCN1C(=O)[C@H]2CCCC[C@H]2C1=O. The lowest BCUT2D eigenvalue weighted by atomic mass is 9.81. The van der Waals surface area contributed by atoms with Crippen LogP contribution in [0.4, 0.5) is 0 Å². The number of carbonyl (C=O) groups excluding carboxylic acids is 3. The topological polar surface area (TPSA) is 57.7 Å². The van der Waals surface area contributed by atoms with Crippen LogP contribution < -0.4 is 0 Å². The molecule has 3 amide bonds. The van der Waals surface area contributed by atoms with Gasteiger partial charge >= 0.3 is 0 Å². The van der Waals surface area contributed by atoms with Crippen LogP contribution in [0.25, 0.3) is 0 Å². The van der Waals surface area contributed by atoms with Crippen molar-refractivity contribution in [3.63, 3.8) is 0 Å². The Balaban J connectivity index is 1.56. The van der Waals surface area contributed by atoms with Crippen LogP contribution in [-0.4, -0.2) is 41.1 Å². The van der Waals surface area contributed by atoms with Gasteiger partial charge in [0.25, 0.3) is 0 Å². The fourth-order valence-electron chi connectivity index (χ4n) is 3.84. The van der Waals surface area contributed by atoms with Crippen LogP contribution in [0.1, 0.15) is 37.7 Å². The maximum atomic E-state index is 12.5. The zero-order chi connectivity index (χ0) is 18.8. The van der Waals surface area contributed by atoms with Crippen LogP contribution in [-0.2, 0) is 20.9 Å². The molecule has 1 aromatic carbocycles. The molecule has 3 rings (SSSR count). The van der Waals surface area contributed by atoms with E-state index < -0.39 is 0 Å². The van der Waals surface area contributed by atoms with E-state index >= 15 is 0 Å². The highest BCUT2D eigenvalue weighted by molar-refractivity contribution is 6.35. The van der Waals surface area contributed by atoms with E-state index in [4.69, 9.17) is 23.2 Å². The van der Waals surface area contributed by atoms with Crippen LogP contribution >= 0.6 is 23.2 Å². The van der Waals surface area contributed by atoms with Crippen molar-refractivity contribution in [3.05, 3.63) is 33.8 Å². The van der Waals surface area contributed by atoms with Gasteiger partial charge in [-0.05, 0) is 30.5 Å². The molecule has 1 heterocycles. The zero-order valence-electron chi connectivity index (χ0n) is 14.7. The molecule has 0 bridgehead atoms. The van der Waals surface area contributed by atoms with Crippen molar-refractivity contribution >= 4 is 40.9 Å². The third kappa shape index (κ3) is 3.89. The molecule has 0 unspecified atom stereocenters. The summed E-state index contributed by atoms with van der Waals surface area (Å²) < 4.78 is 0. The summed E-state index contributed by atoms with van der Waals surface area (Å²) in [5.41, 5.74) is 0.797. The van der Waals surface area contributed by atoms with Crippen LogP contribution in [0.15, 0.2) is 18.2 Å². The fraction of sp³-hybridized carbons (Fsp3) is 0.526. The molecule has 7 heteroatoms. The number of nitrogens with zero attached hydrogens (tertiary/aromatic N) is 2. The molecular weight excluding hydrogens is 375 g/mol. The second-order valence-electron chi connectivity index (χ2n) is 7.06. The monoisotopic (exact) mass is 396 g/mol. The second-order valence-corrected chi connectivity index (χ2v) is 7.90. The third-order valence-corrected chi connectivity index (χ3v) is 5.92. The van der Waals surface area contributed by atoms with Crippen molar-refractivity contribution in [1.82, 2.24) is 9.80 Å². The number of amides is 3. The van der Waals surface area contributed by atoms with Gasteiger partial charge in [0.2, 0.25) is 17.7 Å². The molecule has 2 fully saturated rings. The number of hydrogen-bond donors (Lipinski definition) is 0. The summed E-state index contributed by atoms with van der Waals surface area (Å²) in [7, 11) is 1.68. The van der Waals surface area contributed by atoms with Crippen LogP contribution in [0, 0.1) is 11.8 Å². The maximum absolute atomic E-state index is 12.5. The Morgan fingerprint density at radius 2 is 1.77 bits per heavy atom. The molecule has 0 spiro atoms. The molecule has 0 N–H and O–H groups in total. The van der Waals surface area contributed by atoms with E-state index in [-0.39, 0.29) is 42.5 Å². The van der Waals surface area contributed by atoms with Crippen molar-refractivity contribution < 1.29 is 14.4 Å². The van der Waals surface area contributed by atoms with Gasteiger partial charge in [-0.3, -0.25) is 19.3 Å². The van der Waals surface area contributed by atoms with E-state index in [9.17, 15) is 14.4 Å². The number of benzene rings is 1. The van der Waals surface area contributed by atoms with Gasteiger partial charge in [0.1, 0.15) is 0 Å². The number of halogens is 2.